The van der Waals surface area contributed by atoms with Crippen LogP contribution in [0.2, 0.25) is 0 Å². The van der Waals surface area contributed by atoms with Gasteiger partial charge in [-0.1, -0.05) is 0 Å². The van der Waals surface area contributed by atoms with Crippen LogP contribution in [0.3, 0.4) is 0 Å². The molecule has 96 valence electrons. The summed E-state index contributed by atoms with van der Waals surface area (Å²) in [7, 11) is 0. The van der Waals surface area contributed by atoms with Crippen LogP contribution in [0.1, 0.15) is 10.7 Å². The van der Waals surface area contributed by atoms with Crippen LogP contribution in [-0.2, 0) is 6.42 Å². The number of pyridine rings is 1. The van der Waals surface area contributed by atoms with Crippen molar-refractivity contribution >= 4 is 23.0 Å². The monoisotopic (exact) mass is 270 g/mol. The number of nitrogens with one attached hydrogen (secondary N) is 1. The number of anilines is 2. The van der Waals surface area contributed by atoms with Crippen molar-refractivity contribution < 1.29 is 8.78 Å². The molecule has 18 heavy (non-hydrogen) atoms. The van der Waals surface area contributed by atoms with Crippen LogP contribution in [0, 0.1) is 18.6 Å². The van der Waals surface area contributed by atoms with Gasteiger partial charge in [0.2, 0.25) is 0 Å². The molecule has 0 atom stereocenters. The SMILES string of the molecule is Cc1csc(CCNc2nc(N)c(F)cc2F)n1. The quantitative estimate of drug-likeness (QED) is 0.895. The molecule has 0 aliphatic heterocycles. The van der Waals surface area contributed by atoms with Gasteiger partial charge in [-0.05, 0) is 6.92 Å². The van der Waals surface area contributed by atoms with Gasteiger partial charge >= 0.3 is 0 Å². The molecular formula is C11H12F2N4S. The summed E-state index contributed by atoms with van der Waals surface area (Å²) in [6.45, 7) is 2.37. The van der Waals surface area contributed by atoms with Gasteiger partial charge in [0.05, 0.1) is 5.01 Å². The Bertz CT molecular complexity index is 556. The van der Waals surface area contributed by atoms with Crippen molar-refractivity contribution in [1.82, 2.24) is 9.97 Å². The first-order valence-electron chi connectivity index (χ1n) is 5.32. The molecular weight excluding hydrogens is 258 g/mol. The number of nitrogen functional groups attached to an aromatic ring is 1. The molecule has 0 saturated heterocycles. The summed E-state index contributed by atoms with van der Waals surface area (Å²) < 4.78 is 26.2. The Morgan fingerprint density at radius 1 is 1.33 bits per heavy atom. The van der Waals surface area contributed by atoms with Gasteiger partial charge < -0.3 is 11.1 Å². The zero-order chi connectivity index (χ0) is 13.1. The smallest absolute Gasteiger partial charge is 0.168 e. The summed E-state index contributed by atoms with van der Waals surface area (Å²) in [6, 6.07) is 0.720. The third-order valence-corrected chi connectivity index (χ3v) is 3.28. The van der Waals surface area contributed by atoms with E-state index < -0.39 is 11.6 Å². The molecule has 0 spiro atoms. The lowest BCUT2D eigenvalue weighted by Gasteiger charge is -2.06. The number of nitrogens with two attached hydrogens (primary N) is 1. The average molecular weight is 270 g/mol. The summed E-state index contributed by atoms with van der Waals surface area (Å²) in [4.78, 5) is 7.88. The molecule has 0 aromatic carbocycles. The van der Waals surface area contributed by atoms with Crippen LogP contribution < -0.4 is 11.1 Å². The molecule has 0 aliphatic rings. The van der Waals surface area contributed by atoms with Gasteiger partial charge in [0.15, 0.2) is 23.3 Å². The van der Waals surface area contributed by atoms with Gasteiger partial charge in [-0.2, -0.15) is 0 Å². The maximum Gasteiger partial charge on any atom is 0.168 e. The molecule has 2 rings (SSSR count). The number of aryl methyl sites for hydroxylation is 1. The maximum absolute atomic E-state index is 13.3. The Balaban J connectivity index is 1.96. The Hall–Kier alpha value is -1.76. The van der Waals surface area contributed by atoms with Crippen LogP contribution in [0.15, 0.2) is 11.4 Å². The standard InChI is InChI=1S/C11H12F2N4S/c1-6-5-18-9(16-6)2-3-15-11-8(13)4-7(12)10(14)17-11/h4-5H,2-3H2,1H3,(H3,14,15,17). The Morgan fingerprint density at radius 2 is 2.11 bits per heavy atom. The number of nitrogens with zero attached hydrogens (tertiary/aromatic N) is 2. The number of aromatic nitrogens is 2. The highest BCUT2D eigenvalue weighted by Gasteiger charge is 2.09. The number of rotatable bonds is 4. The zero-order valence-corrected chi connectivity index (χ0v) is 10.5. The lowest BCUT2D eigenvalue weighted by molar-refractivity contribution is 0.579. The topological polar surface area (TPSA) is 63.8 Å². The third-order valence-electron chi connectivity index (χ3n) is 2.25. The lowest BCUT2D eigenvalue weighted by atomic mass is 10.3. The molecule has 7 heteroatoms. The molecule has 0 unspecified atom stereocenters. The van der Waals surface area contributed by atoms with Crippen molar-refractivity contribution in [1.29, 1.82) is 0 Å². The van der Waals surface area contributed by atoms with Gasteiger partial charge in [-0.15, -0.1) is 11.3 Å². The second-order valence-corrected chi connectivity index (χ2v) is 4.69. The van der Waals surface area contributed by atoms with Crippen molar-refractivity contribution in [3.8, 4) is 0 Å². The lowest BCUT2D eigenvalue weighted by Crippen LogP contribution is -2.10. The second kappa shape index (κ2) is 5.26. The number of thiazole rings is 1. The first-order valence-corrected chi connectivity index (χ1v) is 6.20. The number of halogens is 2. The highest BCUT2D eigenvalue weighted by molar-refractivity contribution is 7.09. The molecule has 0 aliphatic carbocycles. The fraction of sp³-hybridized carbons (Fsp3) is 0.273. The summed E-state index contributed by atoms with van der Waals surface area (Å²) in [5, 5.41) is 5.68. The molecule has 0 saturated carbocycles. The summed E-state index contributed by atoms with van der Waals surface area (Å²) in [5.41, 5.74) is 6.24. The number of hydrogen-bond donors (Lipinski definition) is 2. The summed E-state index contributed by atoms with van der Waals surface area (Å²) >= 11 is 1.54. The fourth-order valence-corrected chi connectivity index (χ4v) is 2.19. The highest BCUT2D eigenvalue weighted by atomic mass is 32.1. The minimum atomic E-state index is -0.853. The van der Waals surface area contributed by atoms with Crippen molar-refractivity contribution in [3.05, 3.63) is 33.8 Å². The van der Waals surface area contributed by atoms with Gasteiger partial charge in [0, 0.05) is 30.1 Å². The first-order chi connectivity index (χ1) is 8.56. The van der Waals surface area contributed by atoms with E-state index in [2.05, 4.69) is 15.3 Å². The number of hydrogen-bond acceptors (Lipinski definition) is 5. The van der Waals surface area contributed by atoms with Gasteiger partial charge in [-0.3, -0.25) is 0 Å². The van der Waals surface area contributed by atoms with E-state index in [1.165, 1.54) is 0 Å². The Morgan fingerprint density at radius 3 is 2.78 bits per heavy atom. The van der Waals surface area contributed by atoms with E-state index in [1.54, 1.807) is 11.3 Å². The molecule has 3 N–H and O–H groups in total. The molecule has 2 aromatic rings. The summed E-state index contributed by atoms with van der Waals surface area (Å²) in [5.74, 6) is -1.96. The van der Waals surface area contributed by atoms with Crippen LogP contribution in [0.5, 0.6) is 0 Å². The maximum atomic E-state index is 13.3. The molecule has 0 radical (unpaired) electrons. The van der Waals surface area contributed by atoms with Crippen LogP contribution in [0.25, 0.3) is 0 Å². The van der Waals surface area contributed by atoms with E-state index in [0.29, 0.717) is 13.0 Å². The largest absolute Gasteiger partial charge is 0.381 e. The predicted molar refractivity (Wildman–Crippen MR) is 67.6 cm³/mol. The predicted octanol–water partition coefficient (Wildman–Crippen LogP) is 2.36. The van der Waals surface area contributed by atoms with Crippen molar-refractivity contribution in [2.45, 2.75) is 13.3 Å². The molecule has 0 bridgehead atoms. The van der Waals surface area contributed by atoms with Gasteiger partial charge in [0.25, 0.3) is 0 Å². The Kier molecular flexibility index (Phi) is 3.71. The molecule has 2 heterocycles. The van der Waals surface area contributed by atoms with E-state index in [9.17, 15) is 8.78 Å². The van der Waals surface area contributed by atoms with Gasteiger partial charge in [0.1, 0.15) is 0 Å². The fourth-order valence-electron chi connectivity index (χ4n) is 1.41. The van der Waals surface area contributed by atoms with E-state index in [1.807, 2.05) is 12.3 Å². The Labute approximate surface area is 107 Å². The van der Waals surface area contributed by atoms with Crippen LogP contribution >= 0.6 is 11.3 Å². The first kappa shape index (κ1) is 12.7. The van der Waals surface area contributed by atoms with Gasteiger partial charge in [-0.25, -0.2) is 18.7 Å². The van der Waals surface area contributed by atoms with Crippen LogP contribution in [0.4, 0.5) is 20.4 Å². The zero-order valence-electron chi connectivity index (χ0n) is 9.70. The molecule has 2 aromatic heterocycles. The summed E-state index contributed by atoms with van der Waals surface area (Å²) in [6.07, 6.45) is 0.650. The minimum absolute atomic E-state index is 0.0396. The molecule has 4 nitrogen and oxygen atoms in total. The van der Waals surface area contributed by atoms with Crippen molar-refractivity contribution in [2.75, 3.05) is 17.6 Å². The second-order valence-electron chi connectivity index (χ2n) is 3.75. The van der Waals surface area contributed by atoms with Crippen molar-refractivity contribution in [2.24, 2.45) is 0 Å². The average Bonchev–Trinajstić information content (AvgIpc) is 2.71. The van der Waals surface area contributed by atoms with E-state index in [-0.39, 0.29) is 11.6 Å². The van der Waals surface area contributed by atoms with E-state index in [0.717, 1.165) is 16.8 Å². The third kappa shape index (κ3) is 2.92. The highest BCUT2D eigenvalue weighted by Crippen LogP contribution is 2.16. The van der Waals surface area contributed by atoms with Crippen molar-refractivity contribution in [3.63, 3.8) is 0 Å². The van der Waals surface area contributed by atoms with Crippen LogP contribution in [-0.4, -0.2) is 16.5 Å². The molecule has 0 fully saturated rings. The van der Waals surface area contributed by atoms with E-state index >= 15 is 0 Å². The molecule has 0 amide bonds. The normalized spacial score (nSPS) is 10.6. The minimum Gasteiger partial charge on any atom is -0.381 e. The van der Waals surface area contributed by atoms with E-state index in [4.69, 9.17) is 5.73 Å².